The van der Waals surface area contributed by atoms with Gasteiger partial charge in [0.2, 0.25) is 5.89 Å². The fraction of sp³-hybridized carbons (Fsp3) is 0.500. The van der Waals surface area contributed by atoms with Crippen molar-refractivity contribution in [1.82, 2.24) is 20.1 Å². The van der Waals surface area contributed by atoms with Gasteiger partial charge in [-0.05, 0) is 18.0 Å². The van der Waals surface area contributed by atoms with E-state index >= 15 is 0 Å². The van der Waals surface area contributed by atoms with Crippen molar-refractivity contribution in [3.8, 4) is 6.07 Å². The van der Waals surface area contributed by atoms with E-state index in [0.29, 0.717) is 29.9 Å². The van der Waals surface area contributed by atoms with Crippen molar-refractivity contribution < 1.29 is 4.52 Å². The molecule has 2 aromatic rings. The average molecular weight is 299 g/mol. The number of rotatable bonds is 3. The van der Waals surface area contributed by atoms with Crippen LogP contribution in [0.15, 0.2) is 16.9 Å². The van der Waals surface area contributed by atoms with Crippen LogP contribution in [0.25, 0.3) is 0 Å². The van der Waals surface area contributed by atoms with E-state index in [1.54, 1.807) is 6.20 Å². The van der Waals surface area contributed by atoms with Gasteiger partial charge < -0.3 is 14.3 Å². The van der Waals surface area contributed by atoms with Gasteiger partial charge in [0.05, 0.1) is 5.92 Å². The molecule has 1 aliphatic rings. The van der Waals surface area contributed by atoms with Crippen molar-refractivity contribution in [2.24, 2.45) is 0 Å². The molecule has 0 bridgehead atoms. The number of hydrogen-bond donors (Lipinski definition) is 0. The number of aromatic nitrogens is 4. The second kappa shape index (κ2) is 5.97. The highest BCUT2D eigenvalue weighted by Gasteiger charge is 2.28. The van der Waals surface area contributed by atoms with Gasteiger partial charge in [-0.25, -0.2) is 9.97 Å². The minimum Gasteiger partial charge on any atom is -0.353 e. The lowest BCUT2D eigenvalue weighted by Gasteiger charge is -2.31. The highest BCUT2D eigenvalue weighted by molar-refractivity contribution is 5.50. The van der Waals surface area contributed by atoms with E-state index in [1.807, 2.05) is 19.0 Å². The molecular formula is C14H17N7O. The Balaban J connectivity index is 1.80. The number of hydrogen-bond acceptors (Lipinski definition) is 8. The van der Waals surface area contributed by atoms with Gasteiger partial charge in [0, 0.05) is 39.6 Å². The Kier molecular flexibility index (Phi) is 3.87. The Morgan fingerprint density at radius 1 is 1.36 bits per heavy atom. The number of nitrogens with zero attached hydrogens (tertiary/aromatic N) is 7. The van der Waals surface area contributed by atoms with Crippen molar-refractivity contribution in [2.75, 3.05) is 37.0 Å². The van der Waals surface area contributed by atoms with Crippen LogP contribution in [0.5, 0.6) is 0 Å². The van der Waals surface area contributed by atoms with Crippen LogP contribution in [0, 0.1) is 11.3 Å². The van der Waals surface area contributed by atoms with Crippen LogP contribution in [-0.2, 0) is 0 Å². The van der Waals surface area contributed by atoms with Gasteiger partial charge >= 0.3 is 0 Å². The molecule has 3 rings (SSSR count). The molecule has 0 unspecified atom stereocenters. The standard InChI is InChI=1S/C14H17N7O/c1-20(2)14-18-13(22-19-14)10-4-3-7-21(9-10)12-11(8-15)16-5-6-17-12/h5-6,10H,3-4,7,9H2,1-2H3/t10-/m1/s1. The topological polar surface area (TPSA) is 95.0 Å². The van der Waals surface area contributed by atoms with Gasteiger partial charge in [0.15, 0.2) is 11.5 Å². The van der Waals surface area contributed by atoms with Crippen molar-refractivity contribution in [3.05, 3.63) is 24.0 Å². The fourth-order valence-corrected chi connectivity index (χ4v) is 2.59. The molecule has 8 nitrogen and oxygen atoms in total. The predicted molar refractivity (Wildman–Crippen MR) is 79.6 cm³/mol. The monoisotopic (exact) mass is 299 g/mol. The second-order valence-electron chi connectivity index (χ2n) is 5.45. The second-order valence-corrected chi connectivity index (χ2v) is 5.45. The molecule has 0 radical (unpaired) electrons. The molecule has 1 atom stereocenters. The molecule has 0 spiro atoms. The van der Waals surface area contributed by atoms with Crippen LogP contribution in [-0.4, -0.2) is 47.3 Å². The summed E-state index contributed by atoms with van der Waals surface area (Å²) < 4.78 is 5.38. The van der Waals surface area contributed by atoms with Crippen LogP contribution >= 0.6 is 0 Å². The van der Waals surface area contributed by atoms with Gasteiger partial charge in [-0.15, -0.1) is 0 Å². The van der Waals surface area contributed by atoms with Gasteiger partial charge in [-0.3, -0.25) is 0 Å². The minimum absolute atomic E-state index is 0.142. The molecule has 1 fully saturated rings. The zero-order chi connectivity index (χ0) is 15.5. The molecule has 8 heteroatoms. The smallest absolute Gasteiger partial charge is 0.265 e. The Labute approximate surface area is 128 Å². The first kappa shape index (κ1) is 14.3. The molecule has 0 saturated carbocycles. The van der Waals surface area contributed by atoms with Crippen molar-refractivity contribution in [2.45, 2.75) is 18.8 Å². The van der Waals surface area contributed by atoms with Crippen LogP contribution < -0.4 is 9.80 Å². The molecule has 22 heavy (non-hydrogen) atoms. The van der Waals surface area contributed by atoms with E-state index in [1.165, 1.54) is 6.20 Å². The Bertz CT molecular complexity index is 690. The third-order valence-corrected chi connectivity index (χ3v) is 3.69. The lowest BCUT2D eigenvalue weighted by Crippen LogP contribution is -2.35. The van der Waals surface area contributed by atoms with Gasteiger partial charge in [0.1, 0.15) is 6.07 Å². The van der Waals surface area contributed by atoms with Crippen LogP contribution in [0.2, 0.25) is 0 Å². The molecule has 0 aromatic carbocycles. The highest BCUT2D eigenvalue weighted by atomic mass is 16.5. The van der Waals surface area contributed by atoms with E-state index in [4.69, 9.17) is 4.52 Å². The molecule has 0 aliphatic carbocycles. The average Bonchev–Trinajstić information content (AvgIpc) is 3.05. The Morgan fingerprint density at radius 2 is 2.18 bits per heavy atom. The quantitative estimate of drug-likeness (QED) is 0.833. The number of piperidine rings is 1. The highest BCUT2D eigenvalue weighted by Crippen LogP contribution is 2.29. The van der Waals surface area contributed by atoms with E-state index < -0.39 is 0 Å². The summed E-state index contributed by atoms with van der Waals surface area (Å²) in [5.41, 5.74) is 0.350. The summed E-state index contributed by atoms with van der Waals surface area (Å²) in [5, 5.41) is 13.1. The lowest BCUT2D eigenvalue weighted by atomic mass is 9.98. The summed E-state index contributed by atoms with van der Waals surface area (Å²) in [6.07, 6.45) is 5.10. The molecule has 2 aromatic heterocycles. The van der Waals surface area contributed by atoms with Crippen LogP contribution in [0.4, 0.5) is 11.8 Å². The summed E-state index contributed by atoms with van der Waals surface area (Å²) in [4.78, 5) is 16.7. The molecule has 1 aliphatic heterocycles. The molecule has 0 N–H and O–H groups in total. The van der Waals surface area contributed by atoms with Crippen molar-refractivity contribution in [1.29, 1.82) is 5.26 Å². The lowest BCUT2D eigenvalue weighted by molar-refractivity contribution is 0.332. The van der Waals surface area contributed by atoms with E-state index in [-0.39, 0.29) is 5.92 Å². The molecule has 1 saturated heterocycles. The summed E-state index contributed by atoms with van der Waals surface area (Å²) in [6.45, 7) is 1.54. The largest absolute Gasteiger partial charge is 0.353 e. The van der Waals surface area contributed by atoms with Gasteiger partial charge in [-0.2, -0.15) is 10.2 Å². The zero-order valence-electron chi connectivity index (χ0n) is 12.6. The maximum Gasteiger partial charge on any atom is 0.265 e. The van der Waals surface area contributed by atoms with Gasteiger partial charge in [0.25, 0.3) is 5.95 Å². The third kappa shape index (κ3) is 2.70. The summed E-state index contributed by atoms with van der Waals surface area (Å²) in [7, 11) is 3.75. The maximum atomic E-state index is 9.17. The van der Waals surface area contributed by atoms with Crippen molar-refractivity contribution >= 4 is 11.8 Å². The minimum atomic E-state index is 0.142. The van der Waals surface area contributed by atoms with Gasteiger partial charge in [-0.1, -0.05) is 0 Å². The molecule has 3 heterocycles. The van der Waals surface area contributed by atoms with E-state index in [2.05, 4.69) is 31.1 Å². The van der Waals surface area contributed by atoms with Crippen LogP contribution in [0.1, 0.15) is 30.3 Å². The summed E-state index contributed by atoms with van der Waals surface area (Å²) in [5.74, 6) is 1.98. The van der Waals surface area contributed by atoms with Crippen LogP contribution in [0.3, 0.4) is 0 Å². The summed E-state index contributed by atoms with van der Waals surface area (Å²) >= 11 is 0. The first-order valence-corrected chi connectivity index (χ1v) is 7.16. The molecular weight excluding hydrogens is 282 g/mol. The third-order valence-electron chi connectivity index (χ3n) is 3.69. The first-order valence-electron chi connectivity index (χ1n) is 7.16. The molecule has 114 valence electrons. The normalized spacial score (nSPS) is 18.0. The van der Waals surface area contributed by atoms with E-state index in [9.17, 15) is 5.26 Å². The van der Waals surface area contributed by atoms with E-state index in [0.717, 1.165) is 19.4 Å². The zero-order valence-corrected chi connectivity index (χ0v) is 12.6. The maximum absolute atomic E-state index is 9.17. The Morgan fingerprint density at radius 3 is 2.91 bits per heavy atom. The SMILES string of the molecule is CN(C)c1noc([C@@H]2CCCN(c3nccnc3C#N)C2)n1. The summed E-state index contributed by atoms with van der Waals surface area (Å²) in [6, 6.07) is 2.09. The fourth-order valence-electron chi connectivity index (χ4n) is 2.59. The predicted octanol–water partition coefficient (Wildman–Crippen LogP) is 1.18. The Hall–Kier alpha value is -2.69. The first-order chi connectivity index (χ1) is 10.7. The molecule has 0 amide bonds. The van der Waals surface area contributed by atoms with Crippen molar-refractivity contribution in [3.63, 3.8) is 0 Å². The number of nitriles is 1. The number of anilines is 2.